The molecule has 0 aromatic carbocycles. The molecule has 0 saturated heterocycles. The third-order valence-electron chi connectivity index (χ3n) is 4.01. The van der Waals surface area contributed by atoms with E-state index in [1.54, 1.807) is 11.3 Å². The van der Waals surface area contributed by atoms with Gasteiger partial charge in [0.1, 0.15) is 5.82 Å². The minimum absolute atomic E-state index is 0.0690. The maximum Gasteiger partial charge on any atom is 0.106 e. The molecule has 108 valence electrons. The summed E-state index contributed by atoms with van der Waals surface area (Å²) in [6.07, 6.45) is 4.77. The number of halogens is 1. The van der Waals surface area contributed by atoms with Crippen LogP contribution in [0.4, 0.5) is 0 Å². The average molecular weight is 354 g/mol. The Morgan fingerprint density at radius 2 is 2.10 bits per heavy atom. The highest BCUT2D eigenvalue weighted by atomic mass is 79.9. The van der Waals surface area contributed by atoms with Crippen molar-refractivity contribution in [2.24, 2.45) is 5.73 Å². The molecule has 0 amide bonds. The summed E-state index contributed by atoms with van der Waals surface area (Å²) in [4.78, 5) is 6.09. The first kappa shape index (κ1) is 14.3. The van der Waals surface area contributed by atoms with Gasteiger partial charge >= 0.3 is 0 Å². The molecule has 0 spiro atoms. The van der Waals surface area contributed by atoms with E-state index in [2.05, 4.69) is 46.5 Å². The van der Waals surface area contributed by atoms with Crippen LogP contribution in [-0.2, 0) is 12.8 Å². The van der Waals surface area contributed by atoms with Crippen LogP contribution in [-0.4, -0.2) is 15.6 Å². The SMILES string of the molecule is Cc1nc2c(n1C(c1ccc(Br)s1)C(C)N)CCCC2. The summed E-state index contributed by atoms with van der Waals surface area (Å²) >= 11 is 5.33. The van der Waals surface area contributed by atoms with Crippen molar-refractivity contribution in [1.29, 1.82) is 0 Å². The number of nitrogens with two attached hydrogens (primary N) is 1. The minimum Gasteiger partial charge on any atom is -0.326 e. The van der Waals surface area contributed by atoms with Crippen molar-refractivity contribution in [2.45, 2.75) is 51.6 Å². The highest BCUT2D eigenvalue weighted by Crippen LogP contribution is 2.35. The predicted molar refractivity (Wildman–Crippen MR) is 87.4 cm³/mol. The quantitative estimate of drug-likeness (QED) is 0.910. The van der Waals surface area contributed by atoms with Gasteiger partial charge in [-0.15, -0.1) is 11.3 Å². The lowest BCUT2D eigenvalue weighted by atomic mass is 9.99. The van der Waals surface area contributed by atoms with E-state index >= 15 is 0 Å². The normalized spacial score (nSPS) is 17.8. The molecule has 20 heavy (non-hydrogen) atoms. The average Bonchev–Trinajstić information content (AvgIpc) is 2.95. The van der Waals surface area contributed by atoms with Crippen LogP contribution in [0.15, 0.2) is 15.9 Å². The molecular weight excluding hydrogens is 334 g/mol. The standard InChI is InChI=1S/C15H20BrN3S/c1-9(17)15(13-7-8-14(16)20-13)19-10(2)18-11-5-3-4-6-12(11)19/h7-9,15H,3-6,17H2,1-2H3. The second-order valence-electron chi connectivity index (χ2n) is 5.58. The molecule has 0 fully saturated rings. The summed E-state index contributed by atoms with van der Waals surface area (Å²) in [6, 6.07) is 4.55. The summed E-state index contributed by atoms with van der Waals surface area (Å²) in [5.74, 6) is 1.10. The van der Waals surface area contributed by atoms with Crippen molar-refractivity contribution in [3.8, 4) is 0 Å². The van der Waals surface area contributed by atoms with Crippen LogP contribution in [0.2, 0.25) is 0 Å². The molecule has 0 radical (unpaired) electrons. The van der Waals surface area contributed by atoms with Crippen LogP contribution < -0.4 is 5.73 Å². The molecular formula is C15H20BrN3S. The number of imidazole rings is 1. The first-order chi connectivity index (χ1) is 9.58. The fourth-order valence-electron chi connectivity index (χ4n) is 3.18. The molecule has 2 unspecified atom stereocenters. The van der Waals surface area contributed by atoms with E-state index in [1.165, 1.54) is 29.1 Å². The highest BCUT2D eigenvalue weighted by Gasteiger charge is 2.27. The lowest BCUT2D eigenvalue weighted by Crippen LogP contribution is -2.31. The smallest absolute Gasteiger partial charge is 0.106 e. The number of hydrogen-bond donors (Lipinski definition) is 1. The molecule has 2 aromatic heterocycles. The van der Waals surface area contributed by atoms with Gasteiger partial charge in [0.15, 0.2) is 0 Å². The molecule has 5 heteroatoms. The molecule has 1 aliphatic carbocycles. The van der Waals surface area contributed by atoms with Crippen molar-refractivity contribution >= 4 is 27.3 Å². The molecule has 0 saturated carbocycles. The minimum atomic E-state index is 0.0690. The first-order valence-corrected chi connectivity index (χ1v) is 8.76. The van der Waals surface area contributed by atoms with Gasteiger partial charge in [0.25, 0.3) is 0 Å². The monoisotopic (exact) mass is 353 g/mol. The molecule has 3 nitrogen and oxygen atoms in total. The van der Waals surface area contributed by atoms with Gasteiger partial charge in [-0.25, -0.2) is 4.98 Å². The Bertz CT molecular complexity index is 615. The van der Waals surface area contributed by atoms with E-state index in [1.807, 2.05) is 0 Å². The Hall–Kier alpha value is -0.650. The van der Waals surface area contributed by atoms with E-state index in [4.69, 9.17) is 10.7 Å². The zero-order chi connectivity index (χ0) is 14.3. The molecule has 2 N–H and O–H groups in total. The molecule has 0 aliphatic heterocycles. The Morgan fingerprint density at radius 3 is 2.75 bits per heavy atom. The van der Waals surface area contributed by atoms with E-state index in [9.17, 15) is 0 Å². The molecule has 2 heterocycles. The van der Waals surface area contributed by atoms with Crippen molar-refractivity contribution in [3.63, 3.8) is 0 Å². The zero-order valence-electron chi connectivity index (χ0n) is 11.9. The maximum absolute atomic E-state index is 6.31. The van der Waals surface area contributed by atoms with E-state index < -0.39 is 0 Å². The first-order valence-electron chi connectivity index (χ1n) is 7.15. The lowest BCUT2D eigenvalue weighted by molar-refractivity contribution is 0.471. The highest BCUT2D eigenvalue weighted by molar-refractivity contribution is 9.11. The Kier molecular flexibility index (Phi) is 4.02. The number of fused-ring (bicyclic) bond motifs is 1. The van der Waals surface area contributed by atoms with Gasteiger partial charge in [0.2, 0.25) is 0 Å². The predicted octanol–water partition coefficient (Wildman–Crippen LogP) is 3.83. The Balaban J connectivity index is 2.10. The summed E-state index contributed by atoms with van der Waals surface area (Å²) in [7, 11) is 0. The largest absolute Gasteiger partial charge is 0.326 e. The van der Waals surface area contributed by atoms with Crippen LogP contribution in [0.1, 0.15) is 47.9 Å². The second kappa shape index (κ2) is 5.62. The van der Waals surface area contributed by atoms with Crippen LogP contribution in [0.3, 0.4) is 0 Å². The molecule has 2 aromatic rings. The third-order valence-corrected chi connectivity index (χ3v) is 5.70. The Labute approximate surface area is 132 Å². The van der Waals surface area contributed by atoms with Crippen molar-refractivity contribution in [3.05, 3.63) is 38.0 Å². The molecule has 1 aliphatic rings. The number of aromatic nitrogens is 2. The third kappa shape index (κ3) is 2.47. The van der Waals surface area contributed by atoms with Crippen LogP contribution in [0, 0.1) is 6.92 Å². The number of aryl methyl sites for hydroxylation is 2. The van der Waals surface area contributed by atoms with Crippen molar-refractivity contribution in [2.75, 3.05) is 0 Å². The van der Waals surface area contributed by atoms with Gasteiger partial charge in [0, 0.05) is 16.6 Å². The second-order valence-corrected chi connectivity index (χ2v) is 8.07. The van der Waals surface area contributed by atoms with Gasteiger partial charge in [-0.2, -0.15) is 0 Å². The number of nitrogens with zero attached hydrogens (tertiary/aromatic N) is 2. The van der Waals surface area contributed by atoms with E-state index in [0.717, 1.165) is 22.5 Å². The molecule has 3 rings (SSSR count). The molecule has 2 atom stereocenters. The van der Waals surface area contributed by atoms with Crippen LogP contribution >= 0.6 is 27.3 Å². The maximum atomic E-state index is 6.31. The van der Waals surface area contributed by atoms with E-state index in [-0.39, 0.29) is 12.1 Å². The summed E-state index contributed by atoms with van der Waals surface area (Å²) in [6.45, 7) is 4.20. The fourth-order valence-corrected chi connectivity index (χ4v) is 4.81. The summed E-state index contributed by atoms with van der Waals surface area (Å²) in [5, 5.41) is 0. The van der Waals surface area contributed by atoms with Gasteiger partial charge in [-0.3, -0.25) is 0 Å². The van der Waals surface area contributed by atoms with Crippen LogP contribution in [0.25, 0.3) is 0 Å². The van der Waals surface area contributed by atoms with Gasteiger partial charge in [0.05, 0.1) is 15.5 Å². The number of thiophene rings is 1. The summed E-state index contributed by atoms with van der Waals surface area (Å²) in [5.41, 5.74) is 9.00. The number of hydrogen-bond acceptors (Lipinski definition) is 3. The Morgan fingerprint density at radius 1 is 1.35 bits per heavy atom. The lowest BCUT2D eigenvalue weighted by Gasteiger charge is -2.26. The number of rotatable bonds is 3. The fraction of sp³-hybridized carbons (Fsp3) is 0.533. The van der Waals surface area contributed by atoms with Crippen molar-refractivity contribution in [1.82, 2.24) is 9.55 Å². The van der Waals surface area contributed by atoms with Gasteiger partial charge in [-0.1, -0.05) is 0 Å². The van der Waals surface area contributed by atoms with Crippen LogP contribution in [0.5, 0.6) is 0 Å². The van der Waals surface area contributed by atoms with Gasteiger partial charge < -0.3 is 10.3 Å². The van der Waals surface area contributed by atoms with E-state index in [0.29, 0.717) is 0 Å². The summed E-state index contributed by atoms with van der Waals surface area (Å²) < 4.78 is 3.54. The van der Waals surface area contributed by atoms with Gasteiger partial charge in [-0.05, 0) is 67.6 Å². The zero-order valence-corrected chi connectivity index (χ0v) is 14.3. The topological polar surface area (TPSA) is 43.8 Å². The van der Waals surface area contributed by atoms with Crippen molar-refractivity contribution < 1.29 is 0 Å². The molecule has 0 bridgehead atoms.